The highest BCUT2D eigenvalue weighted by molar-refractivity contribution is 5.92. The number of carbonyl (C=O) groups excluding carboxylic acids is 1. The number of anilines is 1. The molecule has 2 unspecified atom stereocenters. The molecule has 1 aromatic heterocycles. The third-order valence-electron chi connectivity index (χ3n) is 3.64. The van der Waals surface area contributed by atoms with Gasteiger partial charge >= 0.3 is 0 Å². The number of nitrogens with one attached hydrogen (secondary N) is 1. The Morgan fingerprint density at radius 2 is 2.21 bits per heavy atom. The van der Waals surface area contributed by atoms with Crippen LogP contribution in [0.15, 0.2) is 12.1 Å². The smallest absolute Gasteiger partial charge is 0.274 e. The maximum absolute atomic E-state index is 12.4. The Morgan fingerprint density at radius 1 is 1.42 bits per heavy atom. The number of aromatic nitrogens is 2. The maximum atomic E-state index is 12.4. The zero-order valence-electron chi connectivity index (χ0n) is 11.9. The fourth-order valence-electron chi connectivity index (χ4n) is 2.58. The number of amides is 1. The van der Waals surface area contributed by atoms with Gasteiger partial charge in [0.15, 0.2) is 5.69 Å². The number of hydrogen-bond acceptors (Lipinski definition) is 4. The van der Waals surface area contributed by atoms with Crippen LogP contribution in [0.3, 0.4) is 0 Å². The van der Waals surface area contributed by atoms with Crippen LogP contribution in [0, 0.1) is 5.92 Å². The van der Waals surface area contributed by atoms with Crippen LogP contribution < -0.4 is 5.32 Å². The number of carbonyl (C=O) groups is 1. The van der Waals surface area contributed by atoms with Crippen molar-refractivity contribution >= 4 is 11.7 Å². The van der Waals surface area contributed by atoms with Crippen LogP contribution in [0.1, 0.15) is 44.1 Å². The summed E-state index contributed by atoms with van der Waals surface area (Å²) in [4.78, 5) is 14.3. The van der Waals surface area contributed by atoms with E-state index in [-0.39, 0.29) is 11.9 Å². The first-order valence-electron chi connectivity index (χ1n) is 7.00. The van der Waals surface area contributed by atoms with Gasteiger partial charge in [-0.25, -0.2) is 0 Å². The van der Waals surface area contributed by atoms with Crippen molar-refractivity contribution in [2.45, 2.75) is 39.7 Å². The Hall–Kier alpha value is -1.65. The normalized spacial score (nSPS) is 23.2. The average Bonchev–Trinajstić information content (AvgIpc) is 2.39. The minimum Gasteiger partial charge on any atom is -0.369 e. The van der Waals surface area contributed by atoms with E-state index >= 15 is 0 Å². The standard InChI is InChI=1S/C14H22N4O/c1-4-15-13-6-5-12(16-17-13)14(19)18-8-7-10(2)9-11(18)3/h5-6,10-11H,4,7-9H2,1-3H3,(H,15,17). The van der Waals surface area contributed by atoms with Gasteiger partial charge in [0, 0.05) is 19.1 Å². The van der Waals surface area contributed by atoms with Gasteiger partial charge in [-0.2, -0.15) is 0 Å². The number of piperidine rings is 1. The number of rotatable bonds is 3. The second-order valence-corrected chi connectivity index (χ2v) is 5.31. The molecule has 0 radical (unpaired) electrons. The molecular weight excluding hydrogens is 240 g/mol. The van der Waals surface area contributed by atoms with Gasteiger partial charge in [-0.15, -0.1) is 10.2 Å². The molecule has 2 atom stereocenters. The van der Waals surface area contributed by atoms with Crippen LogP contribution in [0.2, 0.25) is 0 Å². The summed E-state index contributed by atoms with van der Waals surface area (Å²) in [5.41, 5.74) is 0.433. The van der Waals surface area contributed by atoms with Gasteiger partial charge in [0.05, 0.1) is 0 Å². The number of nitrogens with zero attached hydrogens (tertiary/aromatic N) is 3. The summed E-state index contributed by atoms with van der Waals surface area (Å²) in [6.45, 7) is 7.95. The predicted molar refractivity (Wildman–Crippen MR) is 75.1 cm³/mol. The minimum atomic E-state index is -0.00468. The van der Waals surface area contributed by atoms with E-state index < -0.39 is 0 Å². The maximum Gasteiger partial charge on any atom is 0.274 e. The lowest BCUT2D eigenvalue weighted by atomic mass is 9.93. The largest absolute Gasteiger partial charge is 0.369 e. The quantitative estimate of drug-likeness (QED) is 0.907. The third kappa shape index (κ3) is 3.22. The summed E-state index contributed by atoms with van der Waals surface area (Å²) in [6, 6.07) is 3.84. The summed E-state index contributed by atoms with van der Waals surface area (Å²) in [6.07, 6.45) is 2.13. The molecule has 1 N–H and O–H groups in total. The highest BCUT2D eigenvalue weighted by Gasteiger charge is 2.28. The monoisotopic (exact) mass is 262 g/mol. The molecule has 0 saturated carbocycles. The lowest BCUT2D eigenvalue weighted by Gasteiger charge is -2.36. The molecule has 2 heterocycles. The molecule has 19 heavy (non-hydrogen) atoms. The van der Waals surface area contributed by atoms with Gasteiger partial charge < -0.3 is 10.2 Å². The summed E-state index contributed by atoms with van der Waals surface area (Å²) < 4.78 is 0. The van der Waals surface area contributed by atoms with Crippen molar-refractivity contribution < 1.29 is 4.79 Å². The predicted octanol–water partition coefficient (Wildman–Crippen LogP) is 2.17. The van der Waals surface area contributed by atoms with Crippen molar-refractivity contribution in [3.8, 4) is 0 Å². The minimum absolute atomic E-state index is 0.00468. The first-order valence-corrected chi connectivity index (χ1v) is 7.00. The molecule has 1 amide bonds. The van der Waals surface area contributed by atoms with Crippen molar-refractivity contribution in [2.75, 3.05) is 18.4 Å². The van der Waals surface area contributed by atoms with Gasteiger partial charge in [0.25, 0.3) is 5.91 Å². The van der Waals surface area contributed by atoms with E-state index in [1.165, 1.54) is 0 Å². The molecule has 1 aliphatic rings. The Balaban J connectivity index is 2.06. The SMILES string of the molecule is CCNc1ccc(C(=O)N2CCC(C)CC2C)nn1. The second-order valence-electron chi connectivity index (χ2n) is 5.31. The summed E-state index contributed by atoms with van der Waals surface area (Å²) in [7, 11) is 0. The van der Waals surface area contributed by atoms with Crippen molar-refractivity contribution in [2.24, 2.45) is 5.92 Å². The van der Waals surface area contributed by atoms with Gasteiger partial charge in [-0.1, -0.05) is 6.92 Å². The number of likely N-dealkylation sites (tertiary alicyclic amines) is 1. The molecule has 2 rings (SSSR count). The summed E-state index contributed by atoms with van der Waals surface area (Å²) in [5.74, 6) is 1.40. The van der Waals surface area contributed by atoms with Gasteiger partial charge in [0.2, 0.25) is 0 Å². The molecule has 0 aliphatic carbocycles. The summed E-state index contributed by atoms with van der Waals surface area (Å²) in [5, 5.41) is 11.1. The zero-order valence-corrected chi connectivity index (χ0v) is 11.9. The molecule has 1 aliphatic heterocycles. The molecule has 0 bridgehead atoms. The Bertz CT molecular complexity index is 432. The van der Waals surface area contributed by atoms with Gasteiger partial charge in [-0.05, 0) is 44.7 Å². The zero-order chi connectivity index (χ0) is 13.8. The van der Waals surface area contributed by atoms with E-state index in [0.717, 1.165) is 25.9 Å². The Kier molecular flexibility index (Phi) is 4.35. The van der Waals surface area contributed by atoms with Crippen molar-refractivity contribution in [1.29, 1.82) is 0 Å². The Morgan fingerprint density at radius 3 is 2.79 bits per heavy atom. The highest BCUT2D eigenvalue weighted by Crippen LogP contribution is 2.23. The van der Waals surface area contributed by atoms with Crippen LogP contribution >= 0.6 is 0 Å². The van der Waals surface area contributed by atoms with Crippen LogP contribution in [0.25, 0.3) is 0 Å². The Labute approximate surface area is 114 Å². The van der Waals surface area contributed by atoms with E-state index in [9.17, 15) is 4.79 Å². The van der Waals surface area contributed by atoms with E-state index in [4.69, 9.17) is 0 Å². The lowest BCUT2D eigenvalue weighted by Crippen LogP contribution is -2.44. The molecule has 5 nitrogen and oxygen atoms in total. The van der Waals surface area contributed by atoms with Crippen LogP contribution in [0.4, 0.5) is 5.82 Å². The molecule has 0 aromatic carbocycles. The molecule has 5 heteroatoms. The molecule has 1 aromatic rings. The lowest BCUT2D eigenvalue weighted by molar-refractivity contribution is 0.0581. The first kappa shape index (κ1) is 13.8. The third-order valence-corrected chi connectivity index (χ3v) is 3.64. The average molecular weight is 262 g/mol. The fourth-order valence-corrected chi connectivity index (χ4v) is 2.58. The van der Waals surface area contributed by atoms with Crippen LogP contribution in [-0.2, 0) is 0 Å². The molecular formula is C14H22N4O. The van der Waals surface area contributed by atoms with E-state index in [2.05, 4.69) is 29.4 Å². The molecule has 1 saturated heterocycles. The van der Waals surface area contributed by atoms with Crippen molar-refractivity contribution in [3.63, 3.8) is 0 Å². The van der Waals surface area contributed by atoms with Crippen LogP contribution in [-0.4, -0.2) is 40.1 Å². The number of hydrogen-bond donors (Lipinski definition) is 1. The highest BCUT2D eigenvalue weighted by atomic mass is 16.2. The van der Waals surface area contributed by atoms with Crippen molar-refractivity contribution in [3.05, 3.63) is 17.8 Å². The fraction of sp³-hybridized carbons (Fsp3) is 0.643. The second kappa shape index (κ2) is 5.99. The first-order chi connectivity index (χ1) is 9.11. The van der Waals surface area contributed by atoms with Crippen LogP contribution in [0.5, 0.6) is 0 Å². The topological polar surface area (TPSA) is 58.1 Å². The van der Waals surface area contributed by atoms with Gasteiger partial charge in [-0.3, -0.25) is 4.79 Å². The van der Waals surface area contributed by atoms with Crippen molar-refractivity contribution in [1.82, 2.24) is 15.1 Å². The van der Waals surface area contributed by atoms with E-state index in [0.29, 0.717) is 17.4 Å². The molecule has 1 fully saturated rings. The van der Waals surface area contributed by atoms with E-state index in [1.54, 1.807) is 12.1 Å². The molecule has 0 spiro atoms. The molecule has 104 valence electrons. The van der Waals surface area contributed by atoms with E-state index in [1.807, 2.05) is 11.8 Å². The summed E-state index contributed by atoms with van der Waals surface area (Å²) >= 11 is 0. The van der Waals surface area contributed by atoms with Gasteiger partial charge in [0.1, 0.15) is 5.82 Å².